The third-order valence-corrected chi connectivity index (χ3v) is 6.28. The van der Waals surface area contributed by atoms with Crippen LogP contribution in [0, 0.1) is 5.41 Å². The van der Waals surface area contributed by atoms with Crippen LogP contribution < -0.4 is 5.43 Å². The Kier molecular flexibility index (Phi) is 4.55. The van der Waals surface area contributed by atoms with Crippen LogP contribution in [-0.4, -0.2) is 14.9 Å². The summed E-state index contributed by atoms with van der Waals surface area (Å²) in [5.41, 5.74) is 3.37. The van der Waals surface area contributed by atoms with Crippen molar-refractivity contribution in [2.24, 2.45) is 10.5 Å². The molecule has 1 amide bonds. The second kappa shape index (κ2) is 5.59. The van der Waals surface area contributed by atoms with E-state index >= 15 is 0 Å². The molecule has 1 aliphatic rings. The molecule has 1 saturated carbocycles. The first-order valence-corrected chi connectivity index (χ1v) is 8.19. The normalized spacial score (nSPS) is 24.4. The number of nitrogens with zero attached hydrogens (tertiary/aromatic N) is 1. The minimum absolute atomic E-state index is 0.149. The third-order valence-electron chi connectivity index (χ3n) is 3.40. The largest absolute Gasteiger partial charge is 0.272 e. The SMILES string of the molecule is C/C(=N\NC(=O)[C@]1(C)CC1(Br)Br)c1cc(Cl)ccc1Cl. The highest BCUT2D eigenvalue weighted by Gasteiger charge is 2.66. The molecule has 1 aliphatic carbocycles. The van der Waals surface area contributed by atoms with Crippen molar-refractivity contribution in [3.05, 3.63) is 33.8 Å². The van der Waals surface area contributed by atoms with Crippen molar-refractivity contribution in [1.82, 2.24) is 5.43 Å². The fourth-order valence-corrected chi connectivity index (χ4v) is 3.65. The van der Waals surface area contributed by atoms with Crippen LogP contribution >= 0.6 is 55.1 Å². The minimum Gasteiger partial charge on any atom is -0.272 e. The Labute approximate surface area is 144 Å². The van der Waals surface area contributed by atoms with Crippen molar-refractivity contribution in [1.29, 1.82) is 0 Å². The lowest BCUT2D eigenvalue weighted by molar-refractivity contribution is -0.125. The van der Waals surface area contributed by atoms with Gasteiger partial charge in [0.25, 0.3) is 0 Å². The lowest BCUT2D eigenvalue weighted by Crippen LogP contribution is -2.30. The number of alkyl halides is 2. The quantitative estimate of drug-likeness (QED) is 0.410. The van der Waals surface area contributed by atoms with Crippen molar-refractivity contribution >= 4 is 66.7 Å². The van der Waals surface area contributed by atoms with E-state index in [4.69, 9.17) is 23.2 Å². The highest BCUT2D eigenvalue weighted by atomic mass is 79.9. The lowest BCUT2D eigenvalue weighted by Gasteiger charge is -2.11. The Bertz CT molecular complexity index is 604. The molecule has 2 rings (SSSR count). The summed E-state index contributed by atoms with van der Waals surface area (Å²) in [7, 11) is 0. The number of hydrogen-bond donors (Lipinski definition) is 1. The molecule has 108 valence electrons. The van der Waals surface area contributed by atoms with Crippen LogP contribution in [0.25, 0.3) is 0 Å². The Morgan fingerprint density at radius 2 is 2.00 bits per heavy atom. The molecule has 0 heterocycles. The highest BCUT2D eigenvalue weighted by molar-refractivity contribution is 9.25. The van der Waals surface area contributed by atoms with Gasteiger partial charge in [-0.05, 0) is 38.5 Å². The van der Waals surface area contributed by atoms with Crippen molar-refractivity contribution in [3.8, 4) is 0 Å². The van der Waals surface area contributed by atoms with E-state index in [1.807, 2.05) is 6.92 Å². The Hall–Kier alpha value is -0.100. The van der Waals surface area contributed by atoms with Gasteiger partial charge in [-0.1, -0.05) is 55.1 Å². The summed E-state index contributed by atoms with van der Waals surface area (Å²) in [5.74, 6) is -0.149. The molecule has 20 heavy (non-hydrogen) atoms. The summed E-state index contributed by atoms with van der Waals surface area (Å²) in [6, 6.07) is 5.12. The van der Waals surface area contributed by atoms with Gasteiger partial charge in [-0.2, -0.15) is 5.10 Å². The molecule has 0 saturated heterocycles. The lowest BCUT2D eigenvalue weighted by atomic mass is 10.1. The summed E-state index contributed by atoms with van der Waals surface area (Å²) in [6.07, 6.45) is 0.707. The molecular weight excluding hydrogens is 431 g/mol. The van der Waals surface area contributed by atoms with Crippen LogP contribution in [0.5, 0.6) is 0 Å². The molecule has 0 radical (unpaired) electrons. The van der Waals surface area contributed by atoms with Gasteiger partial charge in [-0.25, -0.2) is 5.43 Å². The number of halogens is 4. The summed E-state index contributed by atoms with van der Waals surface area (Å²) in [4.78, 5) is 12.1. The Morgan fingerprint density at radius 3 is 2.55 bits per heavy atom. The van der Waals surface area contributed by atoms with Crippen molar-refractivity contribution in [2.45, 2.75) is 23.5 Å². The van der Waals surface area contributed by atoms with Gasteiger partial charge < -0.3 is 0 Å². The van der Waals surface area contributed by atoms with E-state index in [2.05, 4.69) is 42.4 Å². The molecular formula is C13H12Br2Cl2N2O. The number of hydrazone groups is 1. The van der Waals surface area contributed by atoms with Crippen molar-refractivity contribution < 1.29 is 4.79 Å². The molecule has 0 aromatic heterocycles. The summed E-state index contributed by atoms with van der Waals surface area (Å²) in [5, 5.41) is 5.21. The van der Waals surface area contributed by atoms with Gasteiger partial charge in [0.1, 0.15) is 0 Å². The topological polar surface area (TPSA) is 41.5 Å². The van der Waals surface area contributed by atoms with E-state index in [-0.39, 0.29) is 9.14 Å². The molecule has 1 aromatic carbocycles. The molecule has 7 heteroatoms. The van der Waals surface area contributed by atoms with E-state index in [9.17, 15) is 4.79 Å². The zero-order valence-corrected chi connectivity index (χ0v) is 15.5. The first kappa shape index (κ1) is 16.3. The molecule has 3 nitrogen and oxygen atoms in total. The predicted molar refractivity (Wildman–Crippen MR) is 90.1 cm³/mol. The monoisotopic (exact) mass is 440 g/mol. The summed E-state index contributed by atoms with van der Waals surface area (Å²) < 4.78 is -0.339. The third kappa shape index (κ3) is 3.06. The van der Waals surface area contributed by atoms with Gasteiger partial charge in [0.2, 0.25) is 5.91 Å². The number of nitrogens with one attached hydrogen (secondary N) is 1. The van der Waals surface area contributed by atoms with Gasteiger partial charge in [-0.3, -0.25) is 4.79 Å². The van der Waals surface area contributed by atoms with Crippen LogP contribution in [0.2, 0.25) is 10.0 Å². The van der Waals surface area contributed by atoms with Gasteiger partial charge in [-0.15, -0.1) is 0 Å². The average molecular weight is 443 g/mol. The fourth-order valence-electron chi connectivity index (χ4n) is 1.74. The molecule has 1 aromatic rings. The molecule has 1 fully saturated rings. The smallest absolute Gasteiger partial charge is 0.248 e. The minimum atomic E-state index is -0.505. The Morgan fingerprint density at radius 1 is 1.40 bits per heavy atom. The number of rotatable bonds is 3. The van der Waals surface area contributed by atoms with Crippen LogP contribution in [0.1, 0.15) is 25.8 Å². The second-order valence-corrected chi connectivity index (χ2v) is 9.59. The van der Waals surface area contributed by atoms with Gasteiger partial charge >= 0.3 is 0 Å². The number of benzene rings is 1. The van der Waals surface area contributed by atoms with E-state index in [0.717, 1.165) is 0 Å². The maximum absolute atomic E-state index is 12.1. The molecule has 0 aliphatic heterocycles. The number of amides is 1. The standard InChI is InChI=1S/C13H12Br2Cl2N2O/c1-7(9-5-8(16)3-4-10(9)17)18-19-11(20)12(2)6-13(12,14)15/h3-5H,6H2,1-2H3,(H,19,20)/b18-7+/t12-/m0/s1. The Balaban J connectivity index is 2.12. The maximum Gasteiger partial charge on any atom is 0.248 e. The highest BCUT2D eigenvalue weighted by Crippen LogP contribution is 2.66. The number of carbonyl (C=O) groups is 1. The maximum atomic E-state index is 12.1. The molecule has 0 unspecified atom stereocenters. The summed E-state index contributed by atoms with van der Waals surface area (Å²) >= 11 is 18.9. The van der Waals surface area contributed by atoms with Crippen LogP contribution in [-0.2, 0) is 4.79 Å². The first-order valence-electron chi connectivity index (χ1n) is 5.85. The fraction of sp³-hybridized carbons (Fsp3) is 0.385. The zero-order valence-electron chi connectivity index (χ0n) is 10.8. The van der Waals surface area contributed by atoms with Crippen LogP contribution in [0.3, 0.4) is 0 Å². The van der Waals surface area contributed by atoms with E-state index in [0.29, 0.717) is 27.7 Å². The predicted octanol–water partition coefficient (Wildman–Crippen LogP) is 4.73. The number of carbonyl (C=O) groups excluding carboxylic acids is 1. The second-order valence-electron chi connectivity index (χ2n) is 4.98. The van der Waals surface area contributed by atoms with Gasteiger partial charge in [0.15, 0.2) is 0 Å². The number of hydrogen-bond acceptors (Lipinski definition) is 2. The van der Waals surface area contributed by atoms with Crippen molar-refractivity contribution in [3.63, 3.8) is 0 Å². The average Bonchev–Trinajstić information content (AvgIpc) is 2.89. The zero-order chi connectivity index (χ0) is 15.1. The van der Waals surface area contributed by atoms with E-state index in [1.54, 1.807) is 25.1 Å². The molecule has 0 bridgehead atoms. The van der Waals surface area contributed by atoms with E-state index < -0.39 is 5.41 Å². The van der Waals surface area contributed by atoms with E-state index in [1.165, 1.54) is 0 Å². The van der Waals surface area contributed by atoms with Crippen LogP contribution in [0.4, 0.5) is 0 Å². The van der Waals surface area contributed by atoms with Gasteiger partial charge in [0, 0.05) is 15.6 Å². The van der Waals surface area contributed by atoms with Crippen LogP contribution in [0.15, 0.2) is 23.3 Å². The molecule has 1 N–H and O–H groups in total. The molecule has 0 spiro atoms. The summed E-state index contributed by atoms with van der Waals surface area (Å²) in [6.45, 7) is 3.63. The molecule has 1 atom stereocenters. The van der Waals surface area contributed by atoms with Gasteiger partial charge in [0.05, 0.1) is 14.4 Å². The van der Waals surface area contributed by atoms with Crippen molar-refractivity contribution in [2.75, 3.05) is 0 Å². The first-order chi connectivity index (χ1) is 9.17.